The van der Waals surface area contributed by atoms with E-state index in [4.69, 9.17) is 5.11 Å². The molecule has 5 nitrogen and oxygen atoms in total. The molecule has 1 aromatic carbocycles. The molecule has 0 aliphatic carbocycles. The Morgan fingerprint density at radius 2 is 1.81 bits per heavy atom. The molecule has 0 radical (unpaired) electrons. The van der Waals surface area contributed by atoms with E-state index in [-0.39, 0.29) is 6.42 Å². The van der Waals surface area contributed by atoms with Gasteiger partial charge in [0.25, 0.3) is 0 Å². The largest absolute Gasteiger partial charge is 0.481 e. The molecule has 2 rings (SSSR count). The molecule has 0 spiro atoms. The van der Waals surface area contributed by atoms with Crippen LogP contribution in [-0.2, 0) is 11.2 Å². The molecule has 16 heavy (non-hydrogen) atoms. The molecule has 82 valence electrons. The summed E-state index contributed by atoms with van der Waals surface area (Å²) in [5.41, 5.74) is 1.98. The van der Waals surface area contributed by atoms with Crippen LogP contribution in [0.4, 0.5) is 0 Å². The molecule has 0 bridgehead atoms. The highest BCUT2D eigenvalue weighted by Crippen LogP contribution is 2.10. The van der Waals surface area contributed by atoms with Gasteiger partial charge in [0, 0.05) is 12.1 Å². The van der Waals surface area contributed by atoms with Gasteiger partial charge in [-0.25, -0.2) is 0 Å². The third kappa shape index (κ3) is 2.44. The Balaban J connectivity index is 2.08. The molecular formula is C11H11N3O2. The van der Waals surface area contributed by atoms with Crippen molar-refractivity contribution in [3.8, 4) is 5.69 Å². The quantitative estimate of drug-likeness (QED) is 0.837. The first-order chi connectivity index (χ1) is 7.75. The average molecular weight is 217 g/mol. The fraction of sp³-hybridized carbons (Fsp3) is 0.182. The Kier molecular flexibility index (Phi) is 2.95. The van der Waals surface area contributed by atoms with E-state index in [1.165, 1.54) is 0 Å². The number of rotatable bonds is 4. The average Bonchev–Trinajstić information content (AvgIpc) is 2.80. The maximum atomic E-state index is 10.4. The highest BCUT2D eigenvalue weighted by Gasteiger charge is 2.00. The molecule has 0 fully saturated rings. The summed E-state index contributed by atoms with van der Waals surface area (Å²) in [5, 5.41) is 16.0. The SMILES string of the molecule is O=C(O)CCc1ccc(-n2cnnc2)cc1. The van der Waals surface area contributed by atoms with Crippen LogP contribution in [0.5, 0.6) is 0 Å². The van der Waals surface area contributed by atoms with Crippen molar-refractivity contribution in [2.45, 2.75) is 12.8 Å². The first kappa shape index (κ1) is 10.4. The lowest BCUT2D eigenvalue weighted by atomic mass is 10.1. The van der Waals surface area contributed by atoms with Crippen molar-refractivity contribution in [3.63, 3.8) is 0 Å². The normalized spacial score (nSPS) is 10.2. The predicted molar refractivity (Wildman–Crippen MR) is 57.3 cm³/mol. The molecule has 0 aliphatic rings. The molecule has 5 heteroatoms. The first-order valence-electron chi connectivity index (χ1n) is 4.91. The Morgan fingerprint density at radius 3 is 2.38 bits per heavy atom. The summed E-state index contributed by atoms with van der Waals surface area (Å²) in [6.07, 6.45) is 3.95. The van der Waals surface area contributed by atoms with E-state index in [9.17, 15) is 4.79 Å². The highest BCUT2D eigenvalue weighted by atomic mass is 16.4. The summed E-state index contributed by atoms with van der Waals surface area (Å²) >= 11 is 0. The lowest BCUT2D eigenvalue weighted by Gasteiger charge is -2.02. The van der Waals surface area contributed by atoms with Gasteiger partial charge in [-0.1, -0.05) is 12.1 Å². The van der Waals surface area contributed by atoms with Crippen LogP contribution in [0, 0.1) is 0 Å². The summed E-state index contributed by atoms with van der Waals surface area (Å²) in [6, 6.07) is 7.66. The first-order valence-corrected chi connectivity index (χ1v) is 4.91. The van der Waals surface area contributed by atoms with Gasteiger partial charge in [0.15, 0.2) is 0 Å². The van der Waals surface area contributed by atoms with E-state index in [0.29, 0.717) is 6.42 Å². The van der Waals surface area contributed by atoms with Gasteiger partial charge < -0.3 is 5.11 Å². The Hall–Kier alpha value is -2.17. The standard InChI is InChI=1S/C11H11N3O2/c15-11(16)6-3-9-1-4-10(5-2-9)14-7-12-13-8-14/h1-2,4-5,7-8H,3,6H2,(H,15,16). The summed E-state index contributed by atoms with van der Waals surface area (Å²) in [4.78, 5) is 10.4. The van der Waals surface area contributed by atoms with Crippen molar-refractivity contribution in [3.05, 3.63) is 42.5 Å². The van der Waals surface area contributed by atoms with E-state index in [1.807, 2.05) is 24.3 Å². The molecule has 0 saturated carbocycles. The van der Waals surface area contributed by atoms with Crippen molar-refractivity contribution in [2.24, 2.45) is 0 Å². The van der Waals surface area contributed by atoms with Gasteiger partial charge in [0.1, 0.15) is 12.7 Å². The number of aryl methyl sites for hydroxylation is 1. The molecule has 0 amide bonds. The van der Waals surface area contributed by atoms with Gasteiger partial charge in [-0.2, -0.15) is 0 Å². The number of carboxylic acid groups (broad SMARTS) is 1. The molecule has 0 atom stereocenters. The third-order valence-corrected chi connectivity index (χ3v) is 2.28. The van der Waals surface area contributed by atoms with Gasteiger partial charge >= 0.3 is 5.97 Å². The molecule has 2 aromatic rings. The van der Waals surface area contributed by atoms with E-state index in [0.717, 1.165) is 11.3 Å². The number of aromatic nitrogens is 3. The van der Waals surface area contributed by atoms with Crippen LogP contribution >= 0.6 is 0 Å². The number of aliphatic carboxylic acids is 1. The minimum atomic E-state index is -0.775. The molecule has 0 aliphatic heterocycles. The van der Waals surface area contributed by atoms with Gasteiger partial charge in [0.2, 0.25) is 0 Å². The van der Waals surface area contributed by atoms with Crippen LogP contribution < -0.4 is 0 Å². The van der Waals surface area contributed by atoms with Gasteiger partial charge in [-0.15, -0.1) is 10.2 Å². The zero-order chi connectivity index (χ0) is 11.4. The molecule has 1 aromatic heterocycles. The number of hydrogen-bond donors (Lipinski definition) is 1. The molecule has 1 heterocycles. The Bertz CT molecular complexity index is 462. The van der Waals surface area contributed by atoms with Crippen molar-refractivity contribution in [2.75, 3.05) is 0 Å². The van der Waals surface area contributed by atoms with Crippen LogP contribution in [-0.4, -0.2) is 25.8 Å². The van der Waals surface area contributed by atoms with Crippen LogP contribution in [0.25, 0.3) is 5.69 Å². The number of benzene rings is 1. The van der Waals surface area contributed by atoms with Crippen molar-refractivity contribution < 1.29 is 9.90 Å². The van der Waals surface area contributed by atoms with Crippen molar-refractivity contribution in [1.82, 2.24) is 14.8 Å². The minimum Gasteiger partial charge on any atom is -0.481 e. The predicted octanol–water partition coefficient (Wildman–Crippen LogP) is 1.28. The highest BCUT2D eigenvalue weighted by molar-refractivity contribution is 5.67. The van der Waals surface area contributed by atoms with E-state index < -0.39 is 5.97 Å². The van der Waals surface area contributed by atoms with Crippen molar-refractivity contribution >= 4 is 5.97 Å². The second kappa shape index (κ2) is 4.57. The number of carbonyl (C=O) groups is 1. The minimum absolute atomic E-state index is 0.159. The fourth-order valence-corrected chi connectivity index (χ4v) is 1.42. The van der Waals surface area contributed by atoms with Crippen LogP contribution in [0.2, 0.25) is 0 Å². The van der Waals surface area contributed by atoms with Crippen molar-refractivity contribution in [1.29, 1.82) is 0 Å². The van der Waals surface area contributed by atoms with E-state index >= 15 is 0 Å². The number of nitrogens with zero attached hydrogens (tertiary/aromatic N) is 3. The van der Waals surface area contributed by atoms with E-state index in [2.05, 4.69) is 10.2 Å². The molecule has 0 unspecified atom stereocenters. The number of carboxylic acids is 1. The third-order valence-electron chi connectivity index (χ3n) is 2.28. The smallest absolute Gasteiger partial charge is 0.303 e. The topological polar surface area (TPSA) is 68.0 Å². The molecular weight excluding hydrogens is 206 g/mol. The lowest BCUT2D eigenvalue weighted by Crippen LogP contribution is -1.97. The summed E-state index contributed by atoms with van der Waals surface area (Å²) in [7, 11) is 0. The maximum absolute atomic E-state index is 10.4. The second-order valence-corrected chi connectivity index (χ2v) is 3.43. The molecule has 1 N–H and O–H groups in total. The van der Waals surface area contributed by atoms with E-state index in [1.54, 1.807) is 17.2 Å². The fourth-order valence-electron chi connectivity index (χ4n) is 1.42. The monoisotopic (exact) mass is 217 g/mol. The molecule has 0 saturated heterocycles. The van der Waals surface area contributed by atoms with Crippen LogP contribution in [0.3, 0.4) is 0 Å². The zero-order valence-electron chi connectivity index (χ0n) is 8.58. The van der Waals surface area contributed by atoms with Gasteiger partial charge in [-0.05, 0) is 24.1 Å². The van der Waals surface area contributed by atoms with Crippen LogP contribution in [0.15, 0.2) is 36.9 Å². The summed E-state index contributed by atoms with van der Waals surface area (Å²) in [5.74, 6) is -0.775. The summed E-state index contributed by atoms with van der Waals surface area (Å²) in [6.45, 7) is 0. The Labute approximate surface area is 92.4 Å². The number of hydrogen-bond acceptors (Lipinski definition) is 3. The lowest BCUT2D eigenvalue weighted by molar-refractivity contribution is -0.136. The zero-order valence-corrected chi connectivity index (χ0v) is 8.58. The summed E-state index contributed by atoms with van der Waals surface area (Å²) < 4.78 is 1.79. The van der Waals surface area contributed by atoms with Gasteiger partial charge in [-0.3, -0.25) is 9.36 Å². The van der Waals surface area contributed by atoms with Gasteiger partial charge in [0.05, 0.1) is 0 Å². The maximum Gasteiger partial charge on any atom is 0.303 e. The second-order valence-electron chi connectivity index (χ2n) is 3.43. The van der Waals surface area contributed by atoms with Crippen LogP contribution in [0.1, 0.15) is 12.0 Å². The Morgan fingerprint density at radius 1 is 1.19 bits per heavy atom.